The predicted molar refractivity (Wildman–Crippen MR) is 161 cm³/mol. The first-order valence-corrected chi connectivity index (χ1v) is 14.9. The summed E-state index contributed by atoms with van der Waals surface area (Å²) in [7, 11) is 0. The summed E-state index contributed by atoms with van der Waals surface area (Å²) in [6.45, 7) is 2.17. The molecule has 2 aromatic carbocycles. The van der Waals surface area contributed by atoms with Crippen molar-refractivity contribution in [2.45, 2.75) is 62.8 Å². The van der Waals surface area contributed by atoms with Gasteiger partial charge in [0, 0.05) is 32.0 Å². The highest BCUT2D eigenvalue weighted by molar-refractivity contribution is 5.91. The molecule has 0 aromatic heterocycles. The Morgan fingerprint density at radius 2 is 1.60 bits per heavy atom. The third kappa shape index (κ3) is 11.5. The van der Waals surface area contributed by atoms with Crippen LogP contribution in [0.1, 0.15) is 36.8 Å². The Balaban J connectivity index is 1.25. The summed E-state index contributed by atoms with van der Waals surface area (Å²) in [5.74, 6) is -1.13. The molecule has 2 amide bonds. The molecule has 1 aliphatic rings. The number of carbonyl (C=O) groups is 2. The van der Waals surface area contributed by atoms with Crippen LogP contribution < -0.4 is 20.7 Å². The second kappa shape index (κ2) is 18.1. The number of benzene rings is 2. The maximum Gasteiger partial charge on any atom is 0.244 e. The van der Waals surface area contributed by atoms with E-state index in [-0.39, 0.29) is 34.8 Å². The summed E-state index contributed by atoms with van der Waals surface area (Å²) in [6, 6.07) is 8.80. The average Bonchev–Trinajstić information content (AvgIpc) is 3.02. The quantitative estimate of drug-likeness (QED) is 0.0552. The molecule has 1 fully saturated rings. The van der Waals surface area contributed by atoms with Crippen LogP contribution in [0.3, 0.4) is 0 Å². The Morgan fingerprint density at radius 3 is 2.36 bits per heavy atom. The number of nitrogens with two attached hydrogens (primary N) is 1. The molecule has 1 heterocycles. The molecule has 0 bridgehead atoms. The largest absolute Gasteiger partial charge is 0.504 e. The van der Waals surface area contributed by atoms with Gasteiger partial charge in [0.2, 0.25) is 18.1 Å². The number of quaternary nitrogens is 1. The number of phenolic OH excluding ortho intramolecular Hbond substituents is 3. The van der Waals surface area contributed by atoms with Crippen molar-refractivity contribution in [2.24, 2.45) is 0 Å². The van der Waals surface area contributed by atoms with Gasteiger partial charge in [-0.15, -0.1) is 0 Å². The molecule has 3 rings (SSSR count). The average molecular weight is 635 g/mol. The van der Waals surface area contributed by atoms with Gasteiger partial charge in [-0.1, -0.05) is 12.1 Å². The zero-order chi connectivity index (χ0) is 32.8. The van der Waals surface area contributed by atoms with E-state index in [1.54, 1.807) is 12.1 Å². The Kier molecular flexibility index (Phi) is 14.3. The SMILES string of the molecule is O=C(/C=C/c1ccc(O)c(O[C@@H]2O[C@H](CO)[C@@H](O)[C@H](O)[C@H]2O)c1)NCCC[NH2+]CCCCNC(=O)CCc1ccc(O)c(O)c1. The van der Waals surface area contributed by atoms with Crippen molar-refractivity contribution >= 4 is 17.9 Å². The molecule has 0 unspecified atom stereocenters. The lowest BCUT2D eigenvalue weighted by atomic mass is 9.99. The van der Waals surface area contributed by atoms with Gasteiger partial charge in [-0.25, -0.2) is 0 Å². The van der Waals surface area contributed by atoms with Gasteiger partial charge in [0.05, 0.1) is 19.7 Å². The predicted octanol–water partition coefficient (Wildman–Crippen LogP) is -1.41. The highest BCUT2D eigenvalue weighted by Gasteiger charge is 2.44. The highest BCUT2D eigenvalue weighted by Crippen LogP contribution is 2.31. The van der Waals surface area contributed by atoms with E-state index in [4.69, 9.17) is 9.47 Å². The zero-order valence-electron chi connectivity index (χ0n) is 24.9. The van der Waals surface area contributed by atoms with Crippen LogP contribution in [0.15, 0.2) is 42.5 Å². The maximum atomic E-state index is 12.2. The van der Waals surface area contributed by atoms with Gasteiger partial charge in [-0.3, -0.25) is 9.59 Å². The van der Waals surface area contributed by atoms with Gasteiger partial charge in [-0.2, -0.15) is 0 Å². The summed E-state index contributed by atoms with van der Waals surface area (Å²) in [5.41, 5.74) is 1.28. The molecule has 1 saturated heterocycles. The van der Waals surface area contributed by atoms with Gasteiger partial charge < -0.3 is 61.2 Å². The van der Waals surface area contributed by atoms with E-state index in [1.165, 1.54) is 36.4 Å². The maximum absolute atomic E-state index is 12.2. The van der Waals surface area contributed by atoms with Crippen molar-refractivity contribution in [2.75, 3.05) is 32.8 Å². The van der Waals surface area contributed by atoms with Crippen LogP contribution in [-0.2, 0) is 20.7 Å². The molecule has 45 heavy (non-hydrogen) atoms. The topological polar surface area (TPSA) is 235 Å². The highest BCUT2D eigenvalue weighted by atomic mass is 16.7. The number of aromatic hydroxyl groups is 3. The molecular formula is C31H44N3O11+. The van der Waals surface area contributed by atoms with Crippen molar-refractivity contribution in [1.82, 2.24) is 10.6 Å². The smallest absolute Gasteiger partial charge is 0.244 e. The van der Waals surface area contributed by atoms with Crippen LogP contribution in [-0.4, -0.2) is 111 Å². The summed E-state index contributed by atoms with van der Waals surface area (Å²) in [5, 5.41) is 76.2. The summed E-state index contributed by atoms with van der Waals surface area (Å²) >= 11 is 0. The number of nitrogens with one attached hydrogen (secondary N) is 2. The van der Waals surface area contributed by atoms with E-state index in [9.17, 15) is 45.3 Å². The molecule has 0 saturated carbocycles. The molecule has 14 heteroatoms. The summed E-state index contributed by atoms with van der Waals surface area (Å²) < 4.78 is 10.8. The number of phenols is 3. The lowest BCUT2D eigenvalue weighted by Crippen LogP contribution is -2.84. The lowest BCUT2D eigenvalue weighted by molar-refractivity contribution is -0.655. The summed E-state index contributed by atoms with van der Waals surface area (Å²) in [6.07, 6.45) is -1.27. The van der Waals surface area contributed by atoms with E-state index in [0.29, 0.717) is 31.5 Å². The Bertz CT molecular complexity index is 1270. The van der Waals surface area contributed by atoms with Gasteiger partial charge in [0.15, 0.2) is 23.0 Å². The third-order valence-electron chi connectivity index (χ3n) is 7.22. The van der Waals surface area contributed by atoms with Crippen molar-refractivity contribution in [1.29, 1.82) is 0 Å². The first-order valence-electron chi connectivity index (χ1n) is 14.9. The van der Waals surface area contributed by atoms with Crippen molar-refractivity contribution < 1.29 is 60.1 Å². The second-order valence-electron chi connectivity index (χ2n) is 10.8. The Hall–Kier alpha value is -3.92. The van der Waals surface area contributed by atoms with E-state index >= 15 is 0 Å². The summed E-state index contributed by atoms with van der Waals surface area (Å²) in [4.78, 5) is 24.2. The number of aliphatic hydroxyl groups excluding tert-OH is 4. The van der Waals surface area contributed by atoms with Gasteiger partial charge in [0.1, 0.15) is 24.4 Å². The van der Waals surface area contributed by atoms with Gasteiger partial charge in [-0.05, 0) is 60.7 Å². The van der Waals surface area contributed by atoms with Crippen molar-refractivity contribution in [3.8, 4) is 23.0 Å². The minimum absolute atomic E-state index is 0.0661. The number of rotatable bonds is 17. The monoisotopic (exact) mass is 634 g/mol. The van der Waals surface area contributed by atoms with Crippen LogP contribution in [0.4, 0.5) is 0 Å². The van der Waals surface area contributed by atoms with E-state index < -0.39 is 37.3 Å². The number of amides is 2. The molecule has 1 aliphatic heterocycles. The normalized spacial score (nSPS) is 21.5. The molecular weight excluding hydrogens is 590 g/mol. The fraction of sp³-hybridized carbons (Fsp3) is 0.484. The first kappa shape index (κ1) is 35.6. The van der Waals surface area contributed by atoms with Gasteiger partial charge in [0.25, 0.3) is 0 Å². The standard InChI is InChI=1S/C31H43N3O11/c35-18-25-28(41)29(42)30(43)31(45-25)44-24-17-20(5-9-22(24)37)7-11-27(40)34-15-3-13-32-12-1-2-14-33-26(39)10-6-19-4-8-21(36)23(38)16-19/h4-5,7-9,11,16-17,25,28-32,35-38,41-43H,1-3,6,10,12-15,18H2,(H,33,39)(H,34,40)/p+1/b11-7+/t25-,28-,29+,30-,31-/m1/s1. The number of aryl methyl sites for hydroxylation is 1. The minimum atomic E-state index is -1.63. The van der Waals surface area contributed by atoms with E-state index in [2.05, 4.69) is 16.0 Å². The number of hydrogen-bond donors (Lipinski definition) is 10. The van der Waals surface area contributed by atoms with Crippen molar-refractivity contribution in [3.05, 3.63) is 53.6 Å². The molecule has 11 N–H and O–H groups in total. The zero-order valence-corrected chi connectivity index (χ0v) is 24.9. The third-order valence-corrected chi connectivity index (χ3v) is 7.22. The Labute approximate surface area is 260 Å². The molecule has 0 aliphatic carbocycles. The number of carbonyl (C=O) groups excluding carboxylic acids is 2. The molecule has 0 radical (unpaired) electrons. The van der Waals surface area contributed by atoms with Crippen LogP contribution in [0, 0.1) is 0 Å². The number of aliphatic hydroxyl groups is 4. The van der Waals surface area contributed by atoms with Crippen LogP contribution in [0.5, 0.6) is 23.0 Å². The Morgan fingerprint density at radius 1 is 0.867 bits per heavy atom. The minimum Gasteiger partial charge on any atom is -0.504 e. The number of ether oxygens (including phenoxy) is 2. The van der Waals surface area contributed by atoms with Gasteiger partial charge >= 0.3 is 0 Å². The van der Waals surface area contributed by atoms with Crippen LogP contribution >= 0.6 is 0 Å². The molecule has 14 nitrogen and oxygen atoms in total. The van der Waals surface area contributed by atoms with Crippen LogP contribution in [0.2, 0.25) is 0 Å². The fourth-order valence-electron chi connectivity index (χ4n) is 4.56. The molecule has 2 aromatic rings. The van der Waals surface area contributed by atoms with E-state index in [0.717, 1.165) is 37.9 Å². The van der Waals surface area contributed by atoms with E-state index in [1.807, 2.05) is 0 Å². The molecule has 0 spiro atoms. The first-order chi connectivity index (χ1) is 21.6. The number of unbranched alkanes of at least 4 members (excludes halogenated alkanes) is 1. The fourth-order valence-corrected chi connectivity index (χ4v) is 4.56. The molecule has 5 atom stereocenters. The lowest BCUT2D eigenvalue weighted by Gasteiger charge is -2.39. The molecule has 248 valence electrons. The van der Waals surface area contributed by atoms with Crippen LogP contribution in [0.25, 0.3) is 6.08 Å². The van der Waals surface area contributed by atoms with Crippen molar-refractivity contribution in [3.63, 3.8) is 0 Å². The number of hydrogen-bond acceptors (Lipinski definition) is 11. The second-order valence-corrected chi connectivity index (χ2v) is 10.8.